The zero-order valence-electron chi connectivity index (χ0n) is 34.5. The Morgan fingerprint density at radius 3 is 2.52 bits per heavy atom. The van der Waals surface area contributed by atoms with Gasteiger partial charge in [-0.25, -0.2) is 27.7 Å². The summed E-state index contributed by atoms with van der Waals surface area (Å²) in [4.78, 5) is 37.4. The molecule has 2 aromatic heterocycles. The van der Waals surface area contributed by atoms with Gasteiger partial charge < -0.3 is 23.8 Å². The van der Waals surface area contributed by atoms with E-state index in [1.54, 1.807) is 20.8 Å². The maximum absolute atomic E-state index is 17.9. The predicted molar refractivity (Wildman–Crippen MR) is 219 cm³/mol. The Morgan fingerprint density at radius 2 is 1.82 bits per heavy atom. The number of nitrogens with one attached hydrogen (secondary N) is 1. The van der Waals surface area contributed by atoms with Gasteiger partial charge in [0.05, 0.1) is 52.3 Å². The zero-order chi connectivity index (χ0) is 42.3. The second-order valence-electron chi connectivity index (χ2n) is 19.1. The molecule has 4 saturated heterocycles. The number of anilines is 2. The molecule has 10 rings (SSSR count). The highest BCUT2D eigenvalue weighted by molar-refractivity contribution is 7.23. The first-order chi connectivity index (χ1) is 28.4. The fourth-order valence-corrected chi connectivity index (χ4v) is 11.9. The topological polar surface area (TPSA) is 129 Å². The molecule has 3 unspecified atom stereocenters. The van der Waals surface area contributed by atoms with Crippen molar-refractivity contribution in [3.8, 4) is 23.1 Å². The molecule has 0 radical (unpaired) electrons. The van der Waals surface area contributed by atoms with Crippen LogP contribution in [0.2, 0.25) is 0 Å². The van der Waals surface area contributed by atoms with E-state index in [1.165, 1.54) is 12.1 Å². The van der Waals surface area contributed by atoms with E-state index in [4.69, 9.17) is 23.9 Å². The molecule has 5 atom stereocenters. The lowest BCUT2D eigenvalue weighted by atomic mass is 9.52. The van der Waals surface area contributed by atoms with Gasteiger partial charge in [-0.1, -0.05) is 6.07 Å². The molecule has 4 aromatic rings. The minimum atomic E-state index is -0.959. The van der Waals surface area contributed by atoms with Crippen molar-refractivity contribution >= 4 is 55.2 Å². The van der Waals surface area contributed by atoms with Crippen molar-refractivity contribution in [2.45, 2.75) is 127 Å². The molecule has 60 heavy (non-hydrogen) atoms. The molecule has 1 aliphatic carbocycles. The maximum Gasteiger partial charge on any atom is 0.412 e. The molecule has 1 N–H and O–H groups in total. The number of pyridine rings is 1. The van der Waals surface area contributed by atoms with Crippen LogP contribution in [0.15, 0.2) is 18.2 Å². The normalized spacial score (nSPS) is 26.7. The minimum absolute atomic E-state index is 0.0239. The molecular formula is C44H47F3N6O6S. The first-order valence-electron chi connectivity index (χ1n) is 20.6. The number of aromatic nitrogens is 1. The van der Waals surface area contributed by atoms with Crippen LogP contribution in [0.3, 0.4) is 0 Å². The molecule has 16 heteroatoms. The van der Waals surface area contributed by atoms with Gasteiger partial charge in [0.25, 0.3) is 0 Å². The Kier molecular flexibility index (Phi) is 8.73. The maximum atomic E-state index is 17.9. The second-order valence-corrected chi connectivity index (χ2v) is 20.1. The van der Waals surface area contributed by atoms with Gasteiger partial charge in [0.2, 0.25) is 5.88 Å². The minimum Gasteiger partial charge on any atom is -0.476 e. The van der Waals surface area contributed by atoms with E-state index in [-0.39, 0.29) is 81.2 Å². The Hall–Kier alpha value is -4.85. The number of benzene rings is 2. The van der Waals surface area contributed by atoms with E-state index < -0.39 is 46.2 Å². The largest absolute Gasteiger partial charge is 0.476 e. The number of rotatable bonds is 6. The third-order valence-electron chi connectivity index (χ3n) is 13.3. The number of carbonyl (C=O) groups is 2. The number of likely N-dealkylation sites (tertiary alicyclic amines) is 1. The summed E-state index contributed by atoms with van der Waals surface area (Å²) in [6, 6.07) is 6.56. The van der Waals surface area contributed by atoms with Crippen LogP contribution in [-0.2, 0) is 27.4 Å². The lowest BCUT2D eigenvalue weighted by molar-refractivity contribution is -0.166. The molecule has 6 aliphatic rings. The first kappa shape index (κ1) is 39.3. The highest BCUT2D eigenvalue weighted by Crippen LogP contribution is 2.63. The third-order valence-corrected chi connectivity index (χ3v) is 14.4. The molecule has 7 heterocycles. The zero-order valence-corrected chi connectivity index (χ0v) is 35.3. The second kappa shape index (κ2) is 13.3. The third kappa shape index (κ3) is 5.78. The summed E-state index contributed by atoms with van der Waals surface area (Å²) >= 11 is 0.871. The van der Waals surface area contributed by atoms with Crippen LogP contribution in [0, 0.1) is 23.0 Å². The van der Waals surface area contributed by atoms with Crippen LogP contribution in [0.1, 0.15) is 90.3 Å². The van der Waals surface area contributed by atoms with Gasteiger partial charge in [0.15, 0.2) is 5.82 Å². The highest BCUT2D eigenvalue weighted by atomic mass is 32.1. The van der Waals surface area contributed by atoms with Crippen LogP contribution in [-0.4, -0.2) is 93.7 Å². The standard InChI is InChI=1S/C44H47F3N6O6S/c1-41(2,3)58-39(54)50-38-24(16-48)33-23(8-9-27(46)37(33)60-38)32-25-19-56-20-26(25)34-28(53-29-10-12-44(29)30(53)18-52(44)40(55)59-42(4,5)6)14-31(49-36(34)35(32)47)57-21-43-11-7-13-51(43)17-22(45)15-43/h8-9,14,22,29-30H,7,10-13,15,17-21H2,1-6H3,(H,50,54)/t22-,29?,30?,43+,44?/m1/s1. The summed E-state index contributed by atoms with van der Waals surface area (Å²) in [6.45, 7) is 12.6. The molecule has 12 nitrogen and oxygen atoms in total. The summed E-state index contributed by atoms with van der Waals surface area (Å²) in [5.74, 6) is -1.14. The summed E-state index contributed by atoms with van der Waals surface area (Å²) in [6.07, 6.45) is 1.57. The van der Waals surface area contributed by atoms with Crippen LogP contribution in [0.25, 0.3) is 32.1 Å². The number of carbonyl (C=O) groups excluding carboxylic acids is 2. The number of thiophene rings is 1. The number of alkyl halides is 1. The quantitative estimate of drug-likeness (QED) is 0.201. The average molecular weight is 845 g/mol. The van der Waals surface area contributed by atoms with E-state index in [0.717, 1.165) is 43.6 Å². The highest BCUT2D eigenvalue weighted by Gasteiger charge is 2.77. The SMILES string of the molecule is CC(C)(C)OC(=O)Nc1sc2c(F)ccc(-c3c4c(c5c(N6C7CCC78C6CN8C(=O)OC(C)(C)C)cc(OC[C@@]67CCCN6C[C@H](F)C7)nc5c3F)COC4)c2c1C#N. The fourth-order valence-electron chi connectivity index (χ4n) is 10.9. The average Bonchev–Trinajstić information content (AvgIpc) is 3.91. The predicted octanol–water partition coefficient (Wildman–Crippen LogP) is 8.94. The molecule has 316 valence electrons. The smallest absolute Gasteiger partial charge is 0.412 e. The number of nitriles is 1. The van der Waals surface area contributed by atoms with Crippen molar-refractivity contribution in [2.24, 2.45) is 0 Å². The summed E-state index contributed by atoms with van der Waals surface area (Å²) in [7, 11) is 0. The van der Waals surface area contributed by atoms with E-state index in [0.29, 0.717) is 41.7 Å². The number of amides is 2. The van der Waals surface area contributed by atoms with E-state index >= 15 is 8.78 Å². The van der Waals surface area contributed by atoms with Crippen molar-refractivity contribution in [1.29, 1.82) is 5.26 Å². The van der Waals surface area contributed by atoms with Gasteiger partial charge in [-0.05, 0) is 96.5 Å². The fraction of sp³-hybridized carbons (Fsp3) is 0.545. The number of piperazine rings is 1. The number of nitrogens with zero attached hydrogens (tertiary/aromatic N) is 5. The number of ether oxygens (including phenoxy) is 4. The lowest BCUT2D eigenvalue weighted by Crippen LogP contribution is -2.97. The van der Waals surface area contributed by atoms with Gasteiger partial charge in [-0.15, -0.1) is 11.3 Å². The Labute approximate surface area is 349 Å². The number of piperidine rings is 1. The number of halogens is 3. The molecular weight excluding hydrogens is 798 g/mol. The first-order valence-corrected chi connectivity index (χ1v) is 21.5. The van der Waals surface area contributed by atoms with Crippen molar-refractivity contribution in [3.05, 3.63) is 46.5 Å². The van der Waals surface area contributed by atoms with E-state index in [2.05, 4.69) is 21.2 Å². The molecule has 5 fully saturated rings. The summed E-state index contributed by atoms with van der Waals surface area (Å²) in [5, 5.41) is 13.9. The Balaban J connectivity index is 1.12. The van der Waals surface area contributed by atoms with Gasteiger partial charge in [0.1, 0.15) is 46.4 Å². The van der Waals surface area contributed by atoms with E-state index in [9.17, 15) is 19.2 Å². The van der Waals surface area contributed by atoms with Gasteiger partial charge >= 0.3 is 12.2 Å². The molecule has 1 saturated carbocycles. The van der Waals surface area contributed by atoms with Crippen molar-refractivity contribution in [3.63, 3.8) is 0 Å². The van der Waals surface area contributed by atoms with Crippen LogP contribution < -0.4 is 15.0 Å². The number of hydrogen-bond donors (Lipinski definition) is 1. The summed E-state index contributed by atoms with van der Waals surface area (Å²) < 4.78 is 72.3. The molecule has 1 spiro atoms. The molecule has 2 aromatic carbocycles. The molecule has 2 amide bonds. The molecule has 0 bridgehead atoms. The lowest BCUT2D eigenvalue weighted by Gasteiger charge is -2.80. The van der Waals surface area contributed by atoms with Crippen molar-refractivity contribution in [1.82, 2.24) is 14.8 Å². The van der Waals surface area contributed by atoms with Crippen LogP contribution in [0.4, 0.5) is 33.4 Å². The monoisotopic (exact) mass is 844 g/mol. The Morgan fingerprint density at radius 1 is 1.05 bits per heavy atom. The van der Waals surface area contributed by atoms with E-state index in [1.807, 2.05) is 31.7 Å². The van der Waals surface area contributed by atoms with Gasteiger partial charge in [-0.3, -0.25) is 15.1 Å². The molecule has 5 aliphatic heterocycles. The van der Waals surface area contributed by atoms with Crippen molar-refractivity contribution in [2.75, 3.05) is 36.5 Å². The van der Waals surface area contributed by atoms with Crippen LogP contribution >= 0.6 is 11.3 Å². The van der Waals surface area contributed by atoms with Gasteiger partial charge in [0, 0.05) is 41.9 Å². The van der Waals surface area contributed by atoms with Gasteiger partial charge in [-0.2, -0.15) is 5.26 Å². The Bertz CT molecular complexity index is 2560. The number of hydrogen-bond acceptors (Lipinski definition) is 11. The summed E-state index contributed by atoms with van der Waals surface area (Å²) in [5.41, 5.74) is -0.0124. The van der Waals surface area contributed by atoms with Crippen LogP contribution in [0.5, 0.6) is 5.88 Å². The number of fused-ring (bicyclic) bond motifs is 5. The van der Waals surface area contributed by atoms with Crippen molar-refractivity contribution < 1.29 is 41.7 Å².